The molecule has 1 saturated carbocycles. The molecule has 7 nitrogen and oxygen atoms in total. The van der Waals surface area contributed by atoms with E-state index in [9.17, 15) is 14.4 Å². The molecule has 7 heteroatoms. The summed E-state index contributed by atoms with van der Waals surface area (Å²) in [6, 6.07) is 5.31. The van der Waals surface area contributed by atoms with Crippen molar-refractivity contribution in [3.8, 4) is 0 Å². The Morgan fingerprint density at radius 2 is 1.88 bits per heavy atom. The number of hydrogen-bond donors (Lipinski definition) is 3. The van der Waals surface area contributed by atoms with Gasteiger partial charge in [0, 0.05) is 11.7 Å². The highest BCUT2D eigenvalue weighted by Gasteiger charge is 2.25. The number of rotatable bonds is 7. The van der Waals surface area contributed by atoms with E-state index in [1.165, 1.54) is 7.11 Å². The molecule has 0 radical (unpaired) electrons. The summed E-state index contributed by atoms with van der Waals surface area (Å²) in [5, 5.41) is 5.69. The van der Waals surface area contributed by atoms with Crippen LogP contribution < -0.4 is 15.5 Å². The van der Waals surface area contributed by atoms with E-state index < -0.39 is 5.97 Å². The molecular weight excluding hydrogens is 310 g/mol. The number of benzene rings is 1. The number of amides is 2. The zero-order valence-corrected chi connectivity index (χ0v) is 14.3. The molecule has 0 heterocycles. The van der Waals surface area contributed by atoms with E-state index in [4.69, 9.17) is 0 Å². The van der Waals surface area contributed by atoms with Gasteiger partial charge in [0.25, 0.3) is 11.8 Å². The highest BCUT2D eigenvalue weighted by Crippen LogP contribution is 2.18. The average molecular weight is 334 g/mol. The summed E-state index contributed by atoms with van der Waals surface area (Å²) in [6.45, 7) is 2.27. The minimum absolute atomic E-state index is 0.0355. The van der Waals surface area contributed by atoms with E-state index >= 15 is 0 Å². The van der Waals surface area contributed by atoms with E-state index in [0.717, 1.165) is 23.3 Å². The summed E-state index contributed by atoms with van der Waals surface area (Å²) in [4.78, 5) is 36.3. The van der Waals surface area contributed by atoms with Gasteiger partial charge < -0.3 is 20.3 Å². The fourth-order valence-electron chi connectivity index (χ4n) is 2.31. The second-order valence-corrected chi connectivity index (χ2v) is 6.22. The summed E-state index contributed by atoms with van der Waals surface area (Å²) < 4.78 is 4.68. The van der Waals surface area contributed by atoms with Crippen LogP contribution in [0, 0.1) is 6.92 Å². The van der Waals surface area contributed by atoms with E-state index in [0.29, 0.717) is 17.3 Å². The number of carbonyl (C=O) groups is 3. The number of methoxy groups -OCH3 is 1. The minimum atomic E-state index is -0.454. The Morgan fingerprint density at radius 3 is 2.50 bits per heavy atom. The lowest BCUT2D eigenvalue weighted by molar-refractivity contribution is -0.862. The van der Waals surface area contributed by atoms with Gasteiger partial charge in [0.05, 0.1) is 19.7 Å². The standard InChI is InChI=1S/C17H23N3O4/c1-11-4-5-12(17(23)24-3)8-14(11)19-16(22)10-20(2)9-15(21)18-13-6-7-13/h4-5,8,13H,6-7,9-10H2,1-3H3,(H,18,21)(H,19,22)/p+1. The molecule has 0 bridgehead atoms. The molecule has 0 saturated heterocycles. The summed E-state index contributed by atoms with van der Waals surface area (Å²) in [6.07, 6.45) is 2.09. The Kier molecular flexibility index (Phi) is 5.92. The molecule has 2 amide bonds. The predicted octanol–water partition coefficient (Wildman–Crippen LogP) is -0.487. The molecule has 130 valence electrons. The summed E-state index contributed by atoms with van der Waals surface area (Å²) in [5.41, 5.74) is 1.79. The van der Waals surface area contributed by atoms with Crippen LogP contribution in [0.15, 0.2) is 18.2 Å². The molecule has 3 N–H and O–H groups in total. The molecule has 1 aliphatic carbocycles. The first-order chi connectivity index (χ1) is 11.4. The third-order valence-corrected chi connectivity index (χ3v) is 3.80. The van der Waals surface area contributed by atoms with Crippen molar-refractivity contribution in [2.45, 2.75) is 25.8 Å². The molecule has 1 unspecified atom stereocenters. The van der Waals surface area contributed by atoms with Crippen molar-refractivity contribution in [1.29, 1.82) is 0 Å². The Bertz CT molecular complexity index is 641. The normalized spacial score (nSPS) is 14.6. The van der Waals surface area contributed by atoms with Gasteiger partial charge in [0.1, 0.15) is 0 Å². The Balaban J connectivity index is 1.88. The smallest absolute Gasteiger partial charge is 0.337 e. The van der Waals surface area contributed by atoms with Gasteiger partial charge >= 0.3 is 5.97 Å². The second kappa shape index (κ2) is 7.92. The molecule has 0 spiro atoms. The molecule has 0 aromatic heterocycles. The van der Waals surface area contributed by atoms with Gasteiger partial charge in [0.15, 0.2) is 13.1 Å². The molecule has 1 fully saturated rings. The maximum absolute atomic E-state index is 12.2. The van der Waals surface area contributed by atoms with Crippen molar-refractivity contribution in [3.63, 3.8) is 0 Å². The number of aryl methyl sites for hydroxylation is 1. The van der Waals surface area contributed by atoms with Crippen LogP contribution in [-0.4, -0.2) is 51.1 Å². The van der Waals surface area contributed by atoms with E-state index in [-0.39, 0.29) is 24.9 Å². The fraction of sp³-hybridized carbons (Fsp3) is 0.471. The summed E-state index contributed by atoms with van der Waals surface area (Å²) in [7, 11) is 3.11. The lowest BCUT2D eigenvalue weighted by atomic mass is 10.1. The Labute approximate surface area is 141 Å². The molecule has 0 aliphatic heterocycles. The summed E-state index contributed by atoms with van der Waals surface area (Å²) in [5.74, 6) is -0.700. The number of ether oxygens (including phenoxy) is 1. The number of likely N-dealkylation sites (N-methyl/N-ethyl adjacent to an activating group) is 1. The van der Waals surface area contributed by atoms with Crippen molar-refractivity contribution in [1.82, 2.24) is 5.32 Å². The first-order valence-corrected chi connectivity index (χ1v) is 7.98. The molecule has 1 atom stereocenters. The number of carbonyl (C=O) groups excluding carboxylic acids is 3. The van der Waals surface area contributed by atoms with Gasteiger partial charge in [-0.1, -0.05) is 6.07 Å². The SMILES string of the molecule is COC(=O)c1ccc(C)c(NC(=O)C[NH+](C)CC(=O)NC2CC2)c1. The third kappa shape index (κ3) is 5.34. The van der Waals surface area contributed by atoms with Crippen molar-refractivity contribution < 1.29 is 24.0 Å². The molecule has 1 aromatic carbocycles. The number of nitrogens with one attached hydrogen (secondary N) is 3. The zero-order valence-electron chi connectivity index (χ0n) is 14.3. The lowest BCUT2D eigenvalue weighted by Crippen LogP contribution is -3.11. The topological polar surface area (TPSA) is 88.9 Å². The number of anilines is 1. The monoisotopic (exact) mass is 334 g/mol. The Hall–Kier alpha value is -2.41. The number of esters is 1. The maximum atomic E-state index is 12.2. The van der Waals surface area contributed by atoms with Crippen LogP contribution in [0.25, 0.3) is 0 Å². The summed E-state index contributed by atoms with van der Waals surface area (Å²) >= 11 is 0. The molecule has 24 heavy (non-hydrogen) atoms. The average Bonchev–Trinajstić information content (AvgIpc) is 3.32. The van der Waals surface area contributed by atoms with Crippen LogP contribution in [0.1, 0.15) is 28.8 Å². The molecule has 1 aliphatic rings. The van der Waals surface area contributed by atoms with Gasteiger partial charge in [-0.2, -0.15) is 0 Å². The van der Waals surface area contributed by atoms with Crippen LogP contribution in [0.3, 0.4) is 0 Å². The second-order valence-electron chi connectivity index (χ2n) is 6.22. The van der Waals surface area contributed by atoms with Crippen LogP contribution in [-0.2, 0) is 14.3 Å². The van der Waals surface area contributed by atoms with Gasteiger partial charge in [-0.05, 0) is 37.5 Å². The van der Waals surface area contributed by atoms with E-state index in [1.807, 2.05) is 6.92 Å². The van der Waals surface area contributed by atoms with Gasteiger partial charge in [-0.3, -0.25) is 9.59 Å². The molecule has 1 aromatic rings. The minimum Gasteiger partial charge on any atom is -0.465 e. The largest absolute Gasteiger partial charge is 0.465 e. The van der Waals surface area contributed by atoms with E-state index in [2.05, 4.69) is 15.4 Å². The first kappa shape index (κ1) is 17.9. The van der Waals surface area contributed by atoms with Crippen LogP contribution >= 0.6 is 0 Å². The van der Waals surface area contributed by atoms with Crippen molar-refractivity contribution in [3.05, 3.63) is 29.3 Å². The highest BCUT2D eigenvalue weighted by atomic mass is 16.5. The van der Waals surface area contributed by atoms with Gasteiger partial charge in [0.2, 0.25) is 0 Å². The van der Waals surface area contributed by atoms with E-state index in [1.54, 1.807) is 25.2 Å². The lowest BCUT2D eigenvalue weighted by Gasteiger charge is -2.14. The fourth-order valence-corrected chi connectivity index (χ4v) is 2.31. The quantitative estimate of drug-likeness (QED) is 0.587. The van der Waals surface area contributed by atoms with Crippen molar-refractivity contribution in [2.24, 2.45) is 0 Å². The van der Waals surface area contributed by atoms with Crippen molar-refractivity contribution in [2.75, 3.05) is 32.6 Å². The molecule has 2 rings (SSSR count). The first-order valence-electron chi connectivity index (χ1n) is 7.98. The van der Waals surface area contributed by atoms with Crippen LogP contribution in [0.2, 0.25) is 0 Å². The Morgan fingerprint density at radius 1 is 1.21 bits per heavy atom. The van der Waals surface area contributed by atoms with Crippen LogP contribution in [0.5, 0.6) is 0 Å². The number of hydrogen-bond acceptors (Lipinski definition) is 4. The predicted molar refractivity (Wildman–Crippen MR) is 88.9 cm³/mol. The third-order valence-electron chi connectivity index (χ3n) is 3.80. The zero-order chi connectivity index (χ0) is 17.7. The maximum Gasteiger partial charge on any atom is 0.337 e. The van der Waals surface area contributed by atoms with Crippen molar-refractivity contribution >= 4 is 23.5 Å². The highest BCUT2D eigenvalue weighted by molar-refractivity contribution is 5.95. The van der Waals surface area contributed by atoms with Gasteiger partial charge in [-0.25, -0.2) is 4.79 Å². The van der Waals surface area contributed by atoms with Gasteiger partial charge in [-0.15, -0.1) is 0 Å². The van der Waals surface area contributed by atoms with Crippen LogP contribution in [0.4, 0.5) is 5.69 Å². The molecular formula is C17H24N3O4+. The number of quaternary nitrogens is 1.